The first-order valence-electron chi connectivity index (χ1n) is 8.05. The SMILES string of the molecule is O=[N+]([O-])c1ccc(NC(=S)N2CCc3sccc3[C@H]2c2cccs2)cc1. The van der Waals surface area contributed by atoms with Crippen molar-refractivity contribution in [1.29, 1.82) is 0 Å². The van der Waals surface area contributed by atoms with E-state index in [1.54, 1.807) is 34.8 Å². The summed E-state index contributed by atoms with van der Waals surface area (Å²) in [5, 5.41) is 18.9. The van der Waals surface area contributed by atoms with Crippen LogP contribution in [0, 0.1) is 10.1 Å². The molecule has 1 aliphatic rings. The number of nitro benzene ring substituents is 1. The van der Waals surface area contributed by atoms with E-state index in [9.17, 15) is 10.1 Å². The zero-order chi connectivity index (χ0) is 18.1. The van der Waals surface area contributed by atoms with Gasteiger partial charge in [0.25, 0.3) is 5.69 Å². The number of thiocarbonyl (C=S) groups is 1. The van der Waals surface area contributed by atoms with Crippen molar-refractivity contribution < 1.29 is 4.92 Å². The second kappa shape index (κ2) is 7.14. The van der Waals surface area contributed by atoms with Crippen LogP contribution in [0.15, 0.2) is 53.2 Å². The molecule has 5 nitrogen and oxygen atoms in total. The fourth-order valence-electron chi connectivity index (χ4n) is 3.15. The monoisotopic (exact) mass is 401 g/mol. The molecule has 0 saturated heterocycles. The van der Waals surface area contributed by atoms with Crippen LogP contribution in [0.5, 0.6) is 0 Å². The Labute approximate surface area is 164 Å². The molecule has 3 aromatic rings. The lowest BCUT2D eigenvalue weighted by molar-refractivity contribution is -0.384. The molecule has 0 saturated carbocycles. The second-order valence-corrected chi connectivity index (χ2v) is 8.26. The number of nitrogens with zero attached hydrogens (tertiary/aromatic N) is 2. The molecular formula is C18H15N3O2S3. The Kier molecular flexibility index (Phi) is 4.71. The maximum atomic E-state index is 10.8. The number of thiophene rings is 2. The number of fused-ring (bicyclic) bond motifs is 1. The first-order valence-corrected chi connectivity index (χ1v) is 10.2. The van der Waals surface area contributed by atoms with E-state index in [1.807, 2.05) is 0 Å². The van der Waals surface area contributed by atoms with Crippen LogP contribution in [0.25, 0.3) is 0 Å². The number of nitrogens with one attached hydrogen (secondary N) is 1. The largest absolute Gasteiger partial charge is 0.337 e. The van der Waals surface area contributed by atoms with Crippen molar-refractivity contribution in [3.63, 3.8) is 0 Å². The summed E-state index contributed by atoms with van der Waals surface area (Å²) in [6.45, 7) is 0.842. The maximum Gasteiger partial charge on any atom is 0.269 e. The average molecular weight is 402 g/mol. The summed E-state index contributed by atoms with van der Waals surface area (Å²) >= 11 is 9.21. The average Bonchev–Trinajstić information content (AvgIpc) is 3.32. The highest BCUT2D eigenvalue weighted by atomic mass is 32.1. The summed E-state index contributed by atoms with van der Waals surface area (Å²) in [6, 6.07) is 12.8. The minimum Gasteiger partial charge on any atom is -0.337 e. The topological polar surface area (TPSA) is 58.4 Å². The van der Waals surface area contributed by atoms with Gasteiger partial charge in [-0.15, -0.1) is 22.7 Å². The zero-order valence-electron chi connectivity index (χ0n) is 13.6. The molecule has 0 aliphatic carbocycles. The molecule has 0 unspecified atom stereocenters. The van der Waals surface area contributed by atoms with Crippen LogP contribution in [0.1, 0.15) is 21.4 Å². The number of hydrogen-bond acceptors (Lipinski definition) is 5. The van der Waals surface area contributed by atoms with Crippen LogP contribution in [-0.4, -0.2) is 21.5 Å². The van der Waals surface area contributed by atoms with Crippen LogP contribution in [0.2, 0.25) is 0 Å². The molecule has 3 heterocycles. The number of non-ortho nitro benzene ring substituents is 1. The van der Waals surface area contributed by atoms with Crippen LogP contribution < -0.4 is 5.32 Å². The number of nitro groups is 1. The molecule has 8 heteroatoms. The van der Waals surface area contributed by atoms with Crippen molar-refractivity contribution in [3.8, 4) is 0 Å². The van der Waals surface area contributed by atoms with Gasteiger partial charge in [-0.3, -0.25) is 10.1 Å². The lowest BCUT2D eigenvalue weighted by Crippen LogP contribution is -2.42. The van der Waals surface area contributed by atoms with Crippen molar-refractivity contribution in [2.24, 2.45) is 0 Å². The van der Waals surface area contributed by atoms with Crippen LogP contribution >= 0.6 is 34.9 Å². The summed E-state index contributed by atoms with van der Waals surface area (Å²) in [5.74, 6) is 0. The molecule has 1 aromatic carbocycles. The highest BCUT2D eigenvalue weighted by molar-refractivity contribution is 7.80. The smallest absolute Gasteiger partial charge is 0.269 e. The standard InChI is InChI=1S/C18H15N3O2S3/c22-21(23)13-5-3-12(4-6-13)19-18(24)20-9-7-15-14(8-11-26-15)17(20)16-2-1-10-25-16/h1-6,8,10-11,17H,7,9H2,(H,19,24)/t17-/m0/s1. The lowest BCUT2D eigenvalue weighted by Gasteiger charge is -2.37. The van der Waals surface area contributed by atoms with Gasteiger partial charge in [-0.2, -0.15) is 0 Å². The van der Waals surface area contributed by atoms with E-state index in [1.165, 1.54) is 27.5 Å². The Hall–Kier alpha value is -2.29. The van der Waals surface area contributed by atoms with E-state index in [4.69, 9.17) is 12.2 Å². The van der Waals surface area contributed by atoms with Gasteiger partial charge in [0.2, 0.25) is 0 Å². The van der Waals surface area contributed by atoms with Crippen molar-refractivity contribution in [3.05, 3.63) is 78.7 Å². The predicted molar refractivity (Wildman–Crippen MR) is 110 cm³/mol. The predicted octanol–water partition coefficient (Wildman–Crippen LogP) is 5.06. The van der Waals surface area contributed by atoms with Crippen LogP contribution in [0.4, 0.5) is 11.4 Å². The molecule has 0 fully saturated rings. The molecule has 0 spiro atoms. The van der Waals surface area contributed by atoms with Crippen molar-refractivity contribution in [2.75, 3.05) is 11.9 Å². The zero-order valence-corrected chi connectivity index (χ0v) is 16.1. The molecule has 26 heavy (non-hydrogen) atoms. The minimum atomic E-state index is -0.405. The Bertz CT molecular complexity index is 935. The van der Waals surface area contributed by atoms with Crippen LogP contribution in [0.3, 0.4) is 0 Å². The van der Waals surface area contributed by atoms with Gasteiger partial charge in [0.05, 0.1) is 11.0 Å². The van der Waals surface area contributed by atoms with E-state index in [0.717, 1.165) is 18.7 Å². The fourth-order valence-corrected chi connectivity index (χ4v) is 5.22. The van der Waals surface area contributed by atoms with E-state index in [0.29, 0.717) is 5.11 Å². The van der Waals surface area contributed by atoms with E-state index >= 15 is 0 Å². The van der Waals surface area contributed by atoms with Gasteiger partial charge >= 0.3 is 0 Å². The minimum absolute atomic E-state index is 0.0683. The third-order valence-electron chi connectivity index (χ3n) is 4.37. The summed E-state index contributed by atoms with van der Waals surface area (Å²) in [4.78, 5) is 15.3. The first kappa shape index (κ1) is 17.1. The van der Waals surface area contributed by atoms with Crippen molar-refractivity contribution in [1.82, 2.24) is 4.90 Å². The highest BCUT2D eigenvalue weighted by Gasteiger charge is 2.31. The molecule has 0 amide bonds. The molecule has 1 N–H and O–H groups in total. The van der Waals surface area contributed by atoms with Crippen molar-refractivity contribution >= 4 is 51.4 Å². The molecule has 132 valence electrons. The molecule has 0 radical (unpaired) electrons. The third-order valence-corrected chi connectivity index (χ3v) is 6.63. The summed E-state index contributed by atoms with van der Waals surface area (Å²) < 4.78 is 0. The fraction of sp³-hybridized carbons (Fsp3) is 0.167. The third kappa shape index (κ3) is 3.23. The maximum absolute atomic E-state index is 10.8. The first-order chi connectivity index (χ1) is 12.6. The van der Waals surface area contributed by atoms with E-state index < -0.39 is 4.92 Å². The second-order valence-electron chi connectivity index (χ2n) is 5.89. The van der Waals surface area contributed by atoms with Crippen LogP contribution in [-0.2, 0) is 6.42 Å². The summed E-state index contributed by atoms with van der Waals surface area (Å²) in [7, 11) is 0. The molecule has 4 rings (SSSR count). The highest BCUT2D eigenvalue weighted by Crippen LogP contribution is 2.39. The molecular weight excluding hydrogens is 386 g/mol. The summed E-state index contributed by atoms with van der Waals surface area (Å²) in [6.07, 6.45) is 0.969. The Morgan fingerprint density at radius 1 is 1.19 bits per heavy atom. The quantitative estimate of drug-likeness (QED) is 0.378. The van der Waals surface area contributed by atoms with Gasteiger partial charge in [-0.1, -0.05) is 6.07 Å². The Morgan fingerprint density at radius 2 is 2.00 bits per heavy atom. The number of anilines is 1. The normalized spacial score (nSPS) is 16.2. The molecule has 2 aromatic heterocycles. The number of rotatable bonds is 3. The van der Waals surface area contributed by atoms with Gasteiger partial charge in [-0.05, 0) is 59.2 Å². The van der Waals surface area contributed by atoms with Gasteiger partial charge in [-0.25, -0.2) is 0 Å². The van der Waals surface area contributed by atoms with Crippen molar-refractivity contribution in [2.45, 2.75) is 12.5 Å². The lowest BCUT2D eigenvalue weighted by atomic mass is 9.99. The van der Waals surface area contributed by atoms with E-state index in [-0.39, 0.29) is 11.7 Å². The molecule has 1 atom stereocenters. The number of hydrogen-bond donors (Lipinski definition) is 1. The Morgan fingerprint density at radius 3 is 2.69 bits per heavy atom. The summed E-state index contributed by atoms with van der Waals surface area (Å²) in [5.41, 5.74) is 2.14. The number of benzene rings is 1. The van der Waals surface area contributed by atoms with Gasteiger partial charge in [0, 0.05) is 34.1 Å². The van der Waals surface area contributed by atoms with Gasteiger partial charge in [0.1, 0.15) is 0 Å². The van der Waals surface area contributed by atoms with Gasteiger partial charge in [0.15, 0.2) is 5.11 Å². The van der Waals surface area contributed by atoms with Gasteiger partial charge < -0.3 is 10.2 Å². The van der Waals surface area contributed by atoms with E-state index in [2.05, 4.69) is 39.2 Å². The molecule has 0 bridgehead atoms. The Balaban J connectivity index is 1.59. The molecule has 1 aliphatic heterocycles.